The molecule has 2 N–H and O–H groups in total. The Hall–Kier alpha value is -1.88. The quantitative estimate of drug-likeness (QED) is 0.543. The van der Waals surface area contributed by atoms with Crippen LogP contribution >= 0.6 is 0 Å². The van der Waals surface area contributed by atoms with Crippen molar-refractivity contribution in [3.05, 3.63) is 28.8 Å². The van der Waals surface area contributed by atoms with Crippen molar-refractivity contribution in [2.75, 3.05) is 6.67 Å². The first-order valence-electron chi connectivity index (χ1n) is 4.30. The first-order chi connectivity index (χ1) is 6.84. The fourth-order valence-electron chi connectivity index (χ4n) is 1.54. The number of hydrogen-bond acceptors (Lipinski definition) is 5. The van der Waals surface area contributed by atoms with E-state index in [0.29, 0.717) is 18.0 Å². The van der Waals surface area contributed by atoms with Gasteiger partial charge in [0.1, 0.15) is 17.8 Å². The number of aliphatic imine (C=N–C) groups is 1. The largest absolute Gasteiger partial charge is 0.506 e. The van der Waals surface area contributed by atoms with Crippen LogP contribution in [0.2, 0.25) is 0 Å². The Morgan fingerprint density at radius 1 is 1.43 bits per heavy atom. The Bertz CT molecular complexity index is 534. The summed E-state index contributed by atoms with van der Waals surface area (Å²) in [5.41, 5.74) is 3.02. The first-order valence-corrected chi connectivity index (χ1v) is 4.30. The molecular weight excluding hydrogens is 180 g/mol. The number of phenols is 1. The summed E-state index contributed by atoms with van der Waals surface area (Å²) in [5.74, 6) is 0.784. The van der Waals surface area contributed by atoms with Crippen LogP contribution < -0.4 is 16.0 Å². The highest BCUT2D eigenvalue weighted by Gasteiger charge is 2.16. The smallest absolute Gasteiger partial charge is 0.241 e. The van der Waals surface area contributed by atoms with Crippen LogP contribution in [-0.2, 0) is 0 Å². The summed E-state index contributed by atoms with van der Waals surface area (Å²) < 4.78 is 0. The van der Waals surface area contributed by atoms with E-state index < -0.39 is 0 Å². The molecule has 2 heterocycles. The lowest BCUT2D eigenvalue weighted by Crippen LogP contribution is -2.41. The summed E-state index contributed by atoms with van der Waals surface area (Å²) in [7, 11) is 0. The van der Waals surface area contributed by atoms with Gasteiger partial charge < -0.3 is 5.11 Å². The van der Waals surface area contributed by atoms with Crippen LogP contribution in [0, 0.1) is 0 Å². The highest BCUT2D eigenvalue weighted by molar-refractivity contribution is 5.86. The van der Waals surface area contributed by atoms with Gasteiger partial charge in [-0.05, 0) is 6.07 Å². The number of rotatable bonds is 0. The molecule has 0 spiro atoms. The number of hydrogen-bond donors (Lipinski definition) is 2. The monoisotopic (exact) mass is 188 g/mol. The van der Waals surface area contributed by atoms with Gasteiger partial charge >= 0.3 is 0 Å². The fraction of sp³-hybridized carbons (Fsp3) is 0.111. The van der Waals surface area contributed by atoms with E-state index >= 15 is 0 Å². The molecule has 0 aliphatic carbocycles. The number of nitrogens with zero attached hydrogens (tertiary/aromatic N) is 3. The van der Waals surface area contributed by atoms with Crippen molar-refractivity contribution in [3.63, 3.8) is 0 Å². The predicted molar refractivity (Wildman–Crippen MR) is 50.6 cm³/mol. The fourth-order valence-corrected chi connectivity index (χ4v) is 1.54. The van der Waals surface area contributed by atoms with Crippen molar-refractivity contribution in [1.29, 1.82) is 0 Å². The number of hydrazine groups is 1. The number of fused-ring (bicyclic) bond motifs is 2. The van der Waals surface area contributed by atoms with Crippen LogP contribution in [0.1, 0.15) is 0 Å². The normalized spacial score (nSPS) is 17.7. The molecule has 3 rings (SSSR count). The SMILES string of the molecule is Oc1cccc2c1=NC1=NCNN1C=2. The maximum absolute atomic E-state index is 9.57. The molecule has 1 aromatic rings. The maximum Gasteiger partial charge on any atom is 0.241 e. The molecule has 0 radical (unpaired) electrons. The van der Waals surface area contributed by atoms with Crippen molar-refractivity contribution in [1.82, 2.24) is 10.4 Å². The Morgan fingerprint density at radius 2 is 2.36 bits per heavy atom. The number of benzene rings is 1. The Balaban J connectivity index is 2.37. The minimum absolute atomic E-state index is 0.188. The number of guanidine groups is 1. The molecule has 70 valence electrons. The van der Waals surface area contributed by atoms with Gasteiger partial charge in [-0.1, -0.05) is 12.1 Å². The molecule has 0 amide bonds. The topological polar surface area (TPSA) is 60.2 Å². The number of aromatic hydroxyl groups is 1. The van der Waals surface area contributed by atoms with Crippen LogP contribution in [0.25, 0.3) is 6.20 Å². The first kappa shape index (κ1) is 7.52. The van der Waals surface area contributed by atoms with E-state index in [0.717, 1.165) is 5.22 Å². The summed E-state index contributed by atoms with van der Waals surface area (Å²) in [6.07, 6.45) is 1.87. The molecule has 2 aliphatic heterocycles. The second-order valence-corrected chi connectivity index (χ2v) is 3.10. The third kappa shape index (κ3) is 0.928. The highest BCUT2D eigenvalue weighted by atomic mass is 16.3. The minimum Gasteiger partial charge on any atom is -0.506 e. The van der Waals surface area contributed by atoms with Crippen molar-refractivity contribution in [3.8, 4) is 5.75 Å². The number of nitrogens with one attached hydrogen (secondary N) is 1. The van der Waals surface area contributed by atoms with Gasteiger partial charge in [0.25, 0.3) is 0 Å². The Labute approximate surface area is 79.7 Å². The molecule has 0 unspecified atom stereocenters. The lowest BCUT2D eigenvalue weighted by Gasteiger charge is -2.14. The molecule has 2 aliphatic rings. The zero-order valence-corrected chi connectivity index (χ0v) is 7.31. The zero-order chi connectivity index (χ0) is 9.54. The van der Waals surface area contributed by atoms with Crippen molar-refractivity contribution >= 4 is 12.2 Å². The summed E-state index contributed by atoms with van der Waals surface area (Å²) in [4.78, 5) is 8.36. The van der Waals surface area contributed by atoms with Gasteiger partial charge in [0, 0.05) is 11.4 Å². The standard InChI is InChI=1S/C9H8N4O/c14-7-3-1-2-6-4-13-9(10-5-11-13)12-8(6)7/h1-4,11,14H,5H2. The predicted octanol–water partition coefficient (Wildman–Crippen LogP) is -1.10. The van der Waals surface area contributed by atoms with E-state index in [1.54, 1.807) is 17.1 Å². The third-order valence-electron chi connectivity index (χ3n) is 2.20. The van der Waals surface area contributed by atoms with Gasteiger partial charge in [0.2, 0.25) is 5.96 Å². The molecule has 0 fully saturated rings. The molecule has 5 heteroatoms. The average molecular weight is 188 g/mol. The maximum atomic E-state index is 9.57. The molecule has 14 heavy (non-hydrogen) atoms. The average Bonchev–Trinajstić information content (AvgIpc) is 2.62. The second kappa shape index (κ2) is 2.55. The van der Waals surface area contributed by atoms with E-state index in [-0.39, 0.29) is 5.75 Å². The van der Waals surface area contributed by atoms with E-state index in [4.69, 9.17) is 0 Å². The van der Waals surface area contributed by atoms with Gasteiger partial charge in [-0.15, -0.1) is 0 Å². The summed E-state index contributed by atoms with van der Waals surface area (Å²) >= 11 is 0. The van der Waals surface area contributed by atoms with Gasteiger partial charge in [-0.2, -0.15) is 0 Å². The van der Waals surface area contributed by atoms with E-state index in [9.17, 15) is 5.11 Å². The van der Waals surface area contributed by atoms with E-state index in [1.807, 2.05) is 12.3 Å². The minimum atomic E-state index is 0.188. The molecular formula is C9H8N4O. The summed E-state index contributed by atoms with van der Waals surface area (Å²) in [5, 5.41) is 12.8. The zero-order valence-electron chi connectivity index (χ0n) is 7.31. The van der Waals surface area contributed by atoms with Gasteiger partial charge in [-0.3, -0.25) is 0 Å². The Morgan fingerprint density at radius 3 is 3.29 bits per heavy atom. The van der Waals surface area contributed by atoms with Crippen LogP contribution in [0.15, 0.2) is 28.2 Å². The van der Waals surface area contributed by atoms with Gasteiger partial charge in [0.15, 0.2) is 0 Å². The van der Waals surface area contributed by atoms with E-state index in [2.05, 4.69) is 15.4 Å². The van der Waals surface area contributed by atoms with Crippen LogP contribution in [0.4, 0.5) is 0 Å². The molecule has 0 aromatic heterocycles. The lowest BCUT2D eigenvalue weighted by molar-refractivity contribution is 0.459. The van der Waals surface area contributed by atoms with E-state index in [1.165, 1.54) is 0 Å². The molecule has 1 aromatic carbocycles. The summed E-state index contributed by atoms with van der Waals surface area (Å²) in [6.45, 7) is 0.532. The van der Waals surface area contributed by atoms with Crippen LogP contribution in [0.5, 0.6) is 5.75 Å². The number of phenolic OH excluding ortho intramolecular Hbond substituents is 1. The molecule has 0 saturated carbocycles. The highest BCUT2D eigenvalue weighted by Crippen LogP contribution is 2.03. The lowest BCUT2D eigenvalue weighted by atomic mass is 10.2. The third-order valence-corrected chi connectivity index (χ3v) is 2.20. The molecule has 0 saturated heterocycles. The molecule has 0 bridgehead atoms. The van der Waals surface area contributed by atoms with Gasteiger partial charge in [0.05, 0.1) is 0 Å². The van der Waals surface area contributed by atoms with Crippen molar-refractivity contribution < 1.29 is 5.11 Å². The second-order valence-electron chi connectivity index (χ2n) is 3.10. The van der Waals surface area contributed by atoms with Crippen molar-refractivity contribution in [2.24, 2.45) is 9.98 Å². The van der Waals surface area contributed by atoms with Crippen molar-refractivity contribution in [2.45, 2.75) is 0 Å². The summed E-state index contributed by atoms with van der Waals surface area (Å²) in [6, 6.07) is 5.31. The van der Waals surface area contributed by atoms with Crippen LogP contribution in [-0.4, -0.2) is 22.7 Å². The molecule has 0 atom stereocenters. The molecule has 5 nitrogen and oxygen atoms in total. The Kier molecular flexibility index (Phi) is 1.37. The van der Waals surface area contributed by atoms with Gasteiger partial charge in [-0.25, -0.2) is 20.4 Å². The van der Waals surface area contributed by atoms with Crippen LogP contribution in [0.3, 0.4) is 0 Å². The number of para-hydroxylation sites is 1.